The Morgan fingerprint density at radius 3 is 2.75 bits per heavy atom. The van der Waals surface area contributed by atoms with Crippen molar-refractivity contribution in [3.63, 3.8) is 0 Å². The lowest BCUT2D eigenvalue weighted by molar-refractivity contribution is -0.137. The predicted molar refractivity (Wildman–Crippen MR) is 46.0 cm³/mol. The summed E-state index contributed by atoms with van der Waals surface area (Å²) in [6.07, 6.45) is 0. The van der Waals surface area contributed by atoms with Crippen molar-refractivity contribution in [3.8, 4) is 0 Å². The topological polar surface area (TPSA) is 59.3 Å². The van der Waals surface area contributed by atoms with Crippen LogP contribution < -0.4 is 5.56 Å². The molecular formula is C7H6BrNO3. The van der Waals surface area contributed by atoms with Crippen LogP contribution in [0.4, 0.5) is 0 Å². The van der Waals surface area contributed by atoms with Gasteiger partial charge in [-0.1, -0.05) is 6.07 Å². The van der Waals surface area contributed by atoms with Crippen LogP contribution in [-0.2, 0) is 11.3 Å². The van der Waals surface area contributed by atoms with Crippen molar-refractivity contribution in [1.82, 2.24) is 4.57 Å². The Hall–Kier alpha value is -1.10. The van der Waals surface area contributed by atoms with Gasteiger partial charge in [-0.25, -0.2) is 0 Å². The Kier molecular flexibility index (Phi) is 2.65. The summed E-state index contributed by atoms with van der Waals surface area (Å²) >= 11 is 3.08. The van der Waals surface area contributed by atoms with Crippen LogP contribution in [0.5, 0.6) is 0 Å². The first-order chi connectivity index (χ1) is 5.61. The maximum Gasteiger partial charge on any atom is 0.323 e. The zero-order valence-electron chi connectivity index (χ0n) is 6.03. The maximum absolute atomic E-state index is 11.0. The molecule has 0 radical (unpaired) electrons. The number of aromatic nitrogens is 1. The molecule has 5 heteroatoms. The van der Waals surface area contributed by atoms with Crippen molar-refractivity contribution in [2.75, 3.05) is 0 Å². The van der Waals surface area contributed by atoms with E-state index in [0.717, 1.165) is 4.57 Å². The first kappa shape index (κ1) is 8.99. The molecule has 0 unspecified atom stereocenters. The van der Waals surface area contributed by atoms with Gasteiger partial charge in [0.1, 0.15) is 6.54 Å². The van der Waals surface area contributed by atoms with Crippen LogP contribution in [-0.4, -0.2) is 15.6 Å². The monoisotopic (exact) mass is 231 g/mol. The number of halogens is 1. The van der Waals surface area contributed by atoms with E-state index >= 15 is 0 Å². The van der Waals surface area contributed by atoms with E-state index in [4.69, 9.17) is 5.11 Å². The number of hydrogen-bond acceptors (Lipinski definition) is 2. The largest absolute Gasteiger partial charge is 0.480 e. The number of pyridine rings is 1. The Bertz CT molecular complexity index is 358. The minimum absolute atomic E-state index is 0.319. The Morgan fingerprint density at radius 1 is 1.58 bits per heavy atom. The molecule has 12 heavy (non-hydrogen) atoms. The maximum atomic E-state index is 11.0. The summed E-state index contributed by atoms with van der Waals surface area (Å²) in [7, 11) is 0. The van der Waals surface area contributed by atoms with Crippen molar-refractivity contribution in [2.45, 2.75) is 6.54 Å². The molecule has 4 nitrogen and oxygen atoms in total. The third-order valence-corrected chi connectivity index (χ3v) is 1.98. The summed E-state index contributed by atoms with van der Waals surface area (Å²) in [6, 6.07) is 4.49. The lowest BCUT2D eigenvalue weighted by Gasteiger charge is -2.02. The van der Waals surface area contributed by atoms with Gasteiger partial charge < -0.3 is 5.11 Å². The number of carbonyl (C=O) groups is 1. The molecule has 0 atom stereocenters. The van der Waals surface area contributed by atoms with Crippen LogP contribution in [0.15, 0.2) is 27.6 Å². The van der Waals surface area contributed by atoms with Gasteiger partial charge in [-0.05, 0) is 22.0 Å². The first-order valence-electron chi connectivity index (χ1n) is 3.18. The van der Waals surface area contributed by atoms with Crippen molar-refractivity contribution < 1.29 is 9.90 Å². The highest BCUT2D eigenvalue weighted by Gasteiger charge is 2.03. The Morgan fingerprint density at radius 2 is 2.25 bits per heavy atom. The number of nitrogens with zero attached hydrogens (tertiary/aromatic N) is 1. The molecular weight excluding hydrogens is 226 g/mol. The smallest absolute Gasteiger partial charge is 0.323 e. The van der Waals surface area contributed by atoms with E-state index in [0.29, 0.717) is 4.60 Å². The van der Waals surface area contributed by atoms with Gasteiger partial charge in [0.15, 0.2) is 0 Å². The molecule has 0 aromatic carbocycles. The molecule has 1 aromatic rings. The summed E-state index contributed by atoms with van der Waals surface area (Å²) in [6.45, 7) is -0.319. The van der Waals surface area contributed by atoms with E-state index in [1.165, 1.54) is 6.07 Å². The zero-order valence-corrected chi connectivity index (χ0v) is 7.61. The molecule has 1 rings (SSSR count). The van der Waals surface area contributed by atoms with Gasteiger partial charge in [0.05, 0.1) is 4.60 Å². The molecule has 0 amide bonds. The van der Waals surface area contributed by atoms with Gasteiger partial charge in [0.2, 0.25) is 0 Å². The van der Waals surface area contributed by atoms with Crippen molar-refractivity contribution in [2.24, 2.45) is 0 Å². The fourth-order valence-electron chi connectivity index (χ4n) is 0.784. The van der Waals surface area contributed by atoms with Crippen LogP contribution in [0.2, 0.25) is 0 Å². The van der Waals surface area contributed by atoms with Crippen LogP contribution in [0.25, 0.3) is 0 Å². The second-order valence-electron chi connectivity index (χ2n) is 2.17. The van der Waals surface area contributed by atoms with E-state index in [1.807, 2.05) is 0 Å². The molecule has 0 aliphatic carbocycles. The lowest BCUT2D eigenvalue weighted by atomic mass is 10.4. The zero-order chi connectivity index (χ0) is 9.14. The summed E-state index contributed by atoms with van der Waals surface area (Å²) < 4.78 is 1.60. The Labute approximate surface area is 76.6 Å². The Balaban J connectivity index is 3.13. The van der Waals surface area contributed by atoms with Crippen LogP contribution in [0.3, 0.4) is 0 Å². The first-order valence-corrected chi connectivity index (χ1v) is 3.97. The minimum atomic E-state index is -1.04. The number of carboxylic acids is 1. The third kappa shape index (κ3) is 1.94. The van der Waals surface area contributed by atoms with E-state index in [-0.39, 0.29) is 12.1 Å². The van der Waals surface area contributed by atoms with Crippen molar-refractivity contribution in [1.29, 1.82) is 0 Å². The normalized spacial score (nSPS) is 9.75. The second-order valence-corrected chi connectivity index (χ2v) is 2.98. The van der Waals surface area contributed by atoms with Gasteiger partial charge in [0.25, 0.3) is 5.56 Å². The molecule has 1 aromatic heterocycles. The predicted octanol–water partition coefficient (Wildman–Crippen LogP) is 0.695. The van der Waals surface area contributed by atoms with Crippen molar-refractivity contribution in [3.05, 3.63) is 33.2 Å². The quantitative estimate of drug-likeness (QED) is 0.763. The van der Waals surface area contributed by atoms with Gasteiger partial charge >= 0.3 is 5.97 Å². The summed E-state index contributed by atoms with van der Waals surface area (Å²) in [4.78, 5) is 21.3. The third-order valence-electron chi connectivity index (χ3n) is 1.29. The van der Waals surface area contributed by atoms with E-state index < -0.39 is 5.97 Å². The fraction of sp³-hybridized carbons (Fsp3) is 0.143. The minimum Gasteiger partial charge on any atom is -0.480 e. The molecule has 0 saturated heterocycles. The number of rotatable bonds is 2. The van der Waals surface area contributed by atoms with E-state index in [1.54, 1.807) is 12.1 Å². The highest BCUT2D eigenvalue weighted by molar-refractivity contribution is 9.10. The fourth-order valence-corrected chi connectivity index (χ4v) is 1.24. The average molecular weight is 232 g/mol. The molecule has 1 N–H and O–H groups in total. The number of hydrogen-bond donors (Lipinski definition) is 1. The second kappa shape index (κ2) is 3.53. The lowest BCUT2D eigenvalue weighted by Crippen LogP contribution is -2.23. The SMILES string of the molecule is O=C(O)Cn1c(Br)cccc1=O. The molecule has 0 aliphatic rings. The van der Waals surface area contributed by atoms with Crippen LogP contribution >= 0.6 is 15.9 Å². The number of carboxylic acid groups (broad SMARTS) is 1. The average Bonchev–Trinajstić information content (AvgIpc) is 1.97. The van der Waals surface area contributed by atoms with Gasteiger partial charge in [0, 0.05) is 6.07 Å². The van der Waals surface area contributed by atoms with Crippen molar-refractivity contribution >= 4 is 21.9 Å². The van der Waals surface area contributed by atoms with Crippen LogP contribution in [0, 0.1) is 0 Å². The standard InChI is InChI=1S/C7H6BrNO3/c8-5-2-1-3-6(10)9(5)4-7(11)12/h1-3H,4H2,(H,11,12). The van der Waals surface area contributed by atoms with Gasteiger partial charge in [-0.15, -0.1) is 0 Å². The molecule has 0 fully saturated rings. The summed E-state index contributed by atoms with van der Waals surface area (Å²) in [5.41, 5.74) is -0.327. The van der Waals surface area contributed by atoms with Gasteiger partial charge in [-0.3, -0.25) is 14.2 Å². The molecule has 0 bridgehead atoms. The molecule has 64 valence electrons. The molecule has 0 spiro atoms. The summed E-state index contributed by atoms with van der Waals surface area (Å²) in [5, 5.41) is 8.44. The highest BCUT2D eigenvalue weighted by Crippen LogP contribution is 2.04. The molecule has 0 saturated carbocycles. The van der Waals surface area contributed by atoms with Crippen LogP contribution in [0.1, 0.15) is 0 Å². The van der Waals surface area contributed by atoms with Gasteiger partial charge in [-0.2, -0.15) is 0 Å². The molecule has 1 heterocycles. The summed E-state index contributed by atoms with van der Waals surface area (Å²) in [5.74, 6) is -1.04. The van der Waals surface area contributed by atoms with E-state index in [9.17, 15) is 9.59 Å². The number of aliphatic carboxylic acids is 1. The highest BCUT2D eigenvalue weighted by atomic mass is 79.9. The van der Waals surface area contributed by atoms with E-state index in [2.05, 4.69) is 15.9 Å². The molecule has 0 aliphatic heterocycles.